The molecule has 0 amide bonds. The van der Waals surface area contributed by atoms with Crippen molar-refractivity contribution in [3.63, 3.8) is 0 Å². The summed E-state index contributed by atoms with van der Waals surface area (Å²) < 4.78 is 10.7. The van der Waals surface area contributed by atoms with Gasteiger partial charge in [-0.3, -0.25) is 4.79 Å². The van der Waals surface area contributed by atoms with E-state index in [0.717, 1.165) is 16.9 Å². The minimum atomic E-state index is -0.682. The van der Waals surface area contributed by atoms with Crippen LogP contribution in [0.2, 0.25) is 0 Å². The van der Waals surface area contributed by atoms with Gasteiger partial charge >= 0.3 is 5.97 Å². The molecule has 0 unspecified atom stereocenters. The molecule has 0 aliphatic carbocycles. The summed E-state index contributed by atoms with van der Waals surface area (Å²) in [4.78, 5) is 11.7. The highest BCUT2D eigenvalue weighted by Crippen LogP contribution is 2.31. The third kappa shape index (κ3) is 3.63. The van der Waals surface area contributed by atoms with Crippen molar-refractivity contribution in [1.29, 1.82) is 0 Å². The van der Waals surface area contributed by atoms with Crippen molar-refractivity contribution in [1.82, 2.24) is 0 Å². The van der Waals surface area contributed by atoms with E-state index in [2.05, 4.69) is 0 Å². The fourth-order valence-electron chi connectivity index (χ4n) is 2.04. The summed E-state index contributed by atoms with van der Waals surface area (Å²) in [6.07, 6.45) is 0. The van der Waals surface area contributed by atoms with E-state index in [-0.39, 0.29) is 12.6 Å². The molecule has 0 aromatic heterocycles. The van der Waals surface area contributed by atoms with Gasteiger partial charge in [0.05, 0.1) is 12.5 Å². The van der Waals surface area contributed by atoms with Crippen LogP contribution in [0.1, 0.15) is 13.8 Å². The first-order valence-corrected chi connectivity index (χ1v) is 6.90. The maximum absolute atomic E-state index is 11.7. The molecule has 0 saturated carbocycles. The molecule has 0 aliphatic rings. The van der Waals surface area contributed by atoms with Gasteiger partial charge in [-0.25, -0.2) is 0 Å². The number of rotatable bonds is 5. The zero-order chi connectivity index (χ0) is 15.3. The highest BCUT2D eigenvalue weighted by molar-refractivity contribution is 5.76. The summed E-state index contributed by atoms with van der Waals surface area (Å²) in [6, 6.07) is 17.8. The van der Waals surface area contributed by atoms with Crippen LogP contribution in [-0.4, -0.2) is 19.7 Å². The molecule has 0 fully saturated rings. The van der Waals surface area contributed by atoms with Crippen molar-refractivity contribution in [3.05, 3.63) is 54.6 Å². The van der Waals surface area contributed by atoms with Gasteiger partial charge in [0.15, 0.2) is 0 Å². The minimum Gasteiger partial charge on any atom is -0.492 e. The quantitative estimate of drug-likeness (QED) is 0.780. The molecule has 2 aromatic rings. The summed E-state index contributed by atoms with van der Waals surface area (Å²) in [6.45, 7) is 3.89. The Morgan fingerprint density at radius 1 is 1.00 bits per heavy atom. The van der Waals surface area contributed by atoms with Crippen LogP contribution in [0.4, 0.5) is 0 Å². The minimum absolute atomic E-state index is 0.267. The summed E-state index contributed by atoms with van der Waals surface area (Å²) >= 11 is 0. The Morgan fingerprint density at radius 3 is 2.29 bits per heavy atom. The fraction of sp³-hybridized carbons (Fsp3) is 0.278. The lowest BCUT2D eigenvalue weighted by Gasteiger charge is -2.22. The molecule has 2 aromatic carbocycles. The van der Waals surface area contributed by atoms with Crippen LogP contribution in [-0.2, 0) is 9.53 Å². The Bertz CT molecular complexity index is 603. The molecule has 0 saturated heterocycles. The molecule has 0 bridgehead atoms. The van der Waals surface area contributed by atoms with Crippen molar-refractivity contribution in [2.45, 2.75) is 13.8 Å². The highest BCUT2D eigenvalue weighted by Gasteiger charge is 2.30. The molecule has 3 heteroatoms. The van der Waals surface area contributed by atoms with Gasteiger partial charge in [0.2, 0.25) is 0 Å². The fourth-order valence-corrected chi connectivity index (χ4v) is 2.04. The molecule has 0 heterocycles. The Labute approximate surface area is 125 Å². The number of esters is 1. The second-order valence-electron chi connectivity index (χ2n) is 5.53. The Kier molecular flexibility index (Phi) is 4.63. The van der Waals surface area contributed by atoms with Crippen LogP contribution >= 0.6 is 0 Å². The first-order valence-electron chi connectivity index (χ1n) is 6.90. The van der Waals surface area contributed by atoms with E-state index in [9.17, 15) is 4.79 Å². The van der Waals surface area contributed by atoms with Crippen LogP contribution in [0.15, 0.2) is 54.6 Å². The van der Waals surface area contributed by atoms with Gasteiger partial charge in [-0.1, -0.05) is 48.5 Å². The molecule has 0 radical (unpaired) electrons. The van der Waals surface area contributed by atoms with Crippen molar-refractivity contribution >= 4 is 5.97 Å². The second-order valence-corrected chi connectivity index (χ2v) is 5.53. The summed E-state index contributed by atoms with van der Waals surface area (Å²) in [5, 5.41) is 0. The Balaban J connectivity index is 2.20. The largest absolute Gasteiger partial charge is 0.492 e. The number of methoxy groups -OCH3 is 1. The van der Waals surface area contributed by atoms with E-state index in [1.807, 2.05) is 68.4 Å². The summed E-state index contributed by atoms with van der Waals surface area (Å²) in [5.41, 5.74) is 1.42. The average molecular weight is 284 g/mol. The lowest BCUT2D eigenvalue weighted by Crippen LogP contribution is -2.32. The Morgan fingerprint density at radius 2 is 1.62 bits per heavy atom. The predicted octanol–water partition coefficient (Wildman–Crippen LogP) is 3.93. The van der Waals surface area contributed by atoms with Crippen LogP contribution in [0.25, 0.3) is 11.1 Å². The normalized spacial score (nSPS) is 11.0. The molecule has 0 atom stereocenters. The van der Waals surface area contributed by atoms with E-state index in [1.165, 1.54) is 7.11 Å². The number of hydrogen-bond acceptors (Lipinski definition) is 3. The zero-order valence-electron chi connectivity index (χ0n) is 12.6. The molecule has 2 rings (SSSR count). The lowest BCUT2D eigenvalue weighted by molar-refractivity contribution is -0.152. The molecule has 3 nitrogen and oxygen atoms in total. The number of benzene rings is 2. The highest BCUT2D eigenvalue weighted by atomic mass is 16.5. The number of carbonyl (C=O) groups is 1. The van der Waals surface area contributed by atoms with Crippen molar-refractivity contribution in [2.75, 3.05) is 13.7 Å². The van der Waals surface area contributed by atoms with Gasteiger partial charge in [0.1, 0.15) is 12.4 Å². The number of carbonyl (C=O) groups excluding carboxylic acids is 1. The van der Waals surface area contributed by atoms with E-state index in [1.54, 1.807) is 0 Å². The number of para-hydroxylation sites is 1. The van der Waals surface area contributed by atoms with Crippen LogP contribution < -0.4 is 4.74 Å². The average Bonchev–Trinajstić information content (AvgIpc) is 2.53. The van der Waals surface area contributed by atoms with E-state index < -0.39 is 5.41 Å². The second kappa shape index (κ2) is 6.44. The molecular formula is C18H20O3. The zero-order valence-corrected chi connectivity index (χ0v) is 12.6. The number of ether oxygens (including phenoxy) is 2. The molecule has 0 spiro atoms. The van der Waals surface area contributed by atoms with Crippen LogP contribution in [0, 0.1) is 5.41 Å². The molecule has 0 N–H and O–H groups in total. The molecule has 21 heavy (non-hydrogen) atoms. The number of hydrogen-bond donors (Lipinski definition) is 0. The topological polar surface area (TPSA) is 35.5 Å². The maximum atomic E-state index is 11.7. The summed E-state index contributed by atoms with van der Waals surface area (Å²) in [5.74, 6) is 0.486. The van der Waals surface area contributed by atoms with E-state index in [4.69, 9.17) is 9.47 Å². The Hall–Kier alpha value is -2.29. The van der Waals surface area contributed by atoms with Crippen molar-refractivity contribution in [2.24, 2.45) is 5.41 Å². The first-order chi connectivity index (χ1) is 10.0. The SMILES string of the molecule is COC(=O)C(C)(C)COc1ccccc1-c1ccccc1. The van der Waals surface area contributed by atoms with Crippen molar-refractivity contribution in [3.8, 4) is 16.9 Å². The predicted molar refractivity (Wildman–Crippen MR) is 83.2 cm³/mol. The van der Waals surface area contributed by atoms with Gasteiger partial charge in [0, 0.05) is 5.56 Å². The van der Waals surface area contributed by atoms with Crippen molar-refractivity contribution < 1.29 is 14.3 Å². The summed E-state index contributed by atoms with van der Waals surface area (Å²) in [7, 11) is 1.39. The van der Waals surface area contributed by atoms with Gasteiger partial charge in [-0.2, -0.15) is 0 Å². The van der Waals surface area contributed by atoms with E-state index in [0.29, 0.717) is 0 Å². The van der Waals surface area contributed by atoms with Gasteiger partial charge in [-0.05, 0) is 25.5 Å². The maximum Gasteiger partial charge on any atom is 0.314 e. The third-order valence-electron chi connectivity index (χ3n) is 3.30. The van der Waals surface area contributed by atoms with Crippen LogP contribution in [0.3, 0.4) is 0 Å². The molecule has 0 aliphatic heterocycles. The van der Waals surface area contributed by atoms with Gasteiger partial charge in [0.25, 0.3) is 0 Å². The third-order valence-corrected chi connectivity index (χ3v) is 3.30. The smallest absolute Gasteiger partial charge is 0.314 e. The van der Waals surface area contributed by atoms with Crippen LogP contribution in [0.5, 0.6) is 5.75 Å². The molecular weight excluding hydrogens is 264 g/mol. The van der Waals surface area contributed by atoms with E-state index >= 15 is 0 Å². The first kappa shape index (κ1) is 15.1. The van der Waals surface area contributed by atoms with Gasteiger partial charge in [-0.15, -0.1) is 0 Å². The lowest BCUT2D eigenvalue weighted by atomic mass is 9.95. The molecule has 110 valence electrons. The van der Waals surface area contributed by atoms with Gasteiger partial charge < -0.3 is 9.47 Å². The monoisotopic (exact) mass is 284 g/mol. The standard InChI is InChI=1S/C18H20O3/c1-18(2,17(19)20-3)13-21-16-12-8-7-11-15(16)14-9-5-4-6-10-14/h4-12H,13H2,1-3H3.